The molecule has 34 heavy (non-hydrogen) atoms. The molecule has 5 rings (SSSR count). The Morgan fingerprint density at radius 3 is 2.79 bits per heavy atom. The Labute approximate surface area is 197 Å². The Morgan fingerprint density at radius 1 is 1.18 bits per heavy atom. The highest BCUT2D eigenvalue weighted by Gasteiger charge is 2.31. The van der Waals surface area contributed by atoms with E-state index in [1.54, 1.807) is 6.33 Å². The van der Waals surface area contributed by atoms with Crippen molar-refractivity contribution in [3.63, 3.8) is 0 Å². The first-order valence-electron chi connectivity index (χ1n) is 11.2. The summed E-state index contributed by atoms with van der Waals surface area (Å²) in [5.41, 5.74) is 2.11. The van der Waals surface area contributed by atoms with E-state index < -0.39 is 15.8 Å². The smallest absolute Gasteiger partial charge is 0.241 e. The van der Waals surface area contributed by atoms with E-state index >= 15 is 0 Å². The fourth-order valence-corrected chi connectivity index (χ4v) is 5.65. The van der Waals surface area contributed by atoms with Gasteiger partial charge in [-0.25, -0.2) is 27.5 Å². The molecule has 3 heterocycles. The van der Waals surface area contributed by atoms with Crippen LogP contribution >= 0.6 is 0 Å². The molecule has 1 aliphatic carbocycles. The molecule has 2 aliphatic rings. The molecule has 0 spiro atoms. The summed E-state index contributed by atoms with van der Waals surface area (Å²) in [5.74, 6) is 0.694. The second-order valence-electron chi connectivity index (χ2n) is 9.80. The predicted octanol–water partition coefficient (Wildman–Crippen LogP) is 3.89. The number of anilines is 2. The van der Waals surface area contributed by atoms with E-state index in [1.807, 2.05) is 12.1 Å². The van der Waals surface area contributed by atoms with E-state index in [2.05, 4.69) is 51.0 Å². The summed E-state index contributed by atoms with van der Waals surface area (Å²) in [5, 5.41) is 10.3. The third kappa shape index (κ3) is 4.37. The number of aromatic amines is 1. The lowest BCUT2D eigenvalue weighted by Crippen LogP contribution is -2.16. The molecule has 0 amide bonds. The molecule has 1 aliphatic heterocycles. The number of ether oxygens (including phenoxy) is 1. The van der Waals surface area contributed by atoms with Gasteiger partial charge in [-0.15, -0.1) is 0 Å². The van der Waals surface area contributed by atoms with Crippen molar-refractivity contribution >= 4 is 21.5 Å². The van der Waals surface area contributed by atoms with Gasteiger partial charge in [-0.2, -0.15) is 5.10 Å². The molecule has 1 aromatic carbocycles. The van der Waals surface area contributed by atoms with Crippen molar-refractivity contribution in [1.82, 2.24) is 24.9 Å². The van der Waals surface area contributed by atoms with Crippen LogP contribution in [-0.4, -0.2) is 34.7 Å². The number of benzene rings is 1. The third-order valence-electron chi connectivity index (χ3n) is 6.31. The maximum Gasteiger partial charge on any atom is 0.241 e. The Morgan fingerprint density at radius 2 is 2.00 bits per heavy atom. The zero-order chi connectivity index (χ0) is 24.1. The molecule has 11 heteroatoms. The normalized spacial score (nSPS) is 21.4. The highest BCUT2D eigenvalue weighted by molar-refractivity contribution is 7.89. The minimum Gasteiger partial charge on any atom is -0.474 e. The minimum absolute atomic E-state index is 0.0198. The van der Waals surface area contributed by atoms with Gasteiger partial charge < -0.3 is 10.1 Å². The van der Waals surface area contributed by atoms with Crippen LogP contribution in [0.25, 0.3) is 0 Å². The summed E-state index contributed by atoms with van der Waals surface area (Å²) in [6.45, 7) is 6.24. The second-order valence-corrected chi connectivity index (χ2v) is 11.5. The number of rotatable bonds is 5. The average Bonchev–Trinajstić information content (AvgIpc) is 3.49. The molecular weight excluding hydrogens is 459 g/mol. The van der Waals surface area contributed by atoms with Gasteiger partial charge >= 0.3 is 0 Å². The van der Waals surface area contributed by atoms with Gasteiger partial charge in [-0.05, 0) is 31.4 Å². The molecule has 3 aromatic rings. The van der Waals surface area contributed by atoms with E-state index in [1.165, 1.54) is 12.1 Å². The number of hydrogen-bond donors (Lipinski definition) is 3. The highest BCUT2D eigenvalue weighted by atomic mass is 32.2. The SMILES string of the molecule is CC(C)(C)c1cc(O[C@@H]2CC[C@H](c3cc(Nc4ccc5c(c4F)CNS5(=O)=O)n[nH]3)C2)ncn1. The summed E-state index contributed by atoms with van der Waals surface area (Å²) in [4.78, 5) is 8.59. The van der Waals surface area contributed by atoms with Crippen LogP contribution in [0.4, 0.5) is 15.9 Å². The van der Waals surface area contributed by atoms with Gasteiger partial charge in [0.1, 0.15) is 12.4 Å². The molecule has 0 radical (unpaired) electrons. The molecule has 3 N–H and O–H groups in total. The highest BCUT2D eigenvalue weighted by Crippen LogP contribution is 2.37. The number of nitrogens with zero attached hydrogens (tertiary/aromatic N) is 3. The quantitative estimate of drug-likeness (QED) is 0.500. The van der Waals surface area contributed by atoms with Crippen LogP contribution in [0.5, 0.6) is 5.88 Å². The molecule has 2 aromatic heterocycles. The number of hydrogen-bond acceptors (Lipinski definition) is 7. The van der Waals surface area contributed by atoms with Gasteiger partial charge in [-0.3, -0.25) is 5.10 Å². The molecule has 180 valence electrons. The average molecular weight is 487 g/mol. The Bertz CT molecular complexity index is 1330. The Kier molecular flexibility index (Phi) is 5.56. The summed E-state index contributed by atoms with van der Waals surface area (Å²) in [6.07, 6.45) is 4.21. The molecule has 1 saturated carbocycles. The van der Waals surface area contributed by atoms with Gasteiger partial charge in [-0.1, -0.05) is 20.8 Å². The van der Waals surface area contributed by atoms with Gasteiger partial charge in [0.25, 0.3) is 0 Å². The number of sulfonamides is 1. The van der Waals surface area contributed by atoms with Crippen LogP contribution in [0.3, 0.4) is 0 Å². The summed E-state index contributed by atoms with van der Waals surface area (Å²) < 4.78 is 47.1. The van der Waals surface area contributed by atoms with E-state index in [0.29, 0.717) is 11.7 Å². The van der Waals surface area contributed by atoms with Crippen LogP contribution in [-0.2, 0) is 22.0 Å². The van der Waals surface area contributed by atoms with Crippen LogP contribution in [0, 0.1) is 5.82 Å². The molecule has 9 nitrogen and oxygen atoms in total. The number of fused-ring (bicyclic) bond motifs is 1. The van der Waals surface area contributed by atoms with E-state index in [9.17, 15) is 12.8 Å². The van der Waals surface area contributed by atoms with Crippen molar-refractivity contribution in [2.45, 2.75) is 68.9 Å². The van der Waals surface area contributed by atoms with Crippen molar-refractivity contribution in [3.8, 4) is 5.88 Å². The first-order chi connectivity index (χ1) is 16.1. The number of nitrogens with one attached hydrogen (secondary N) is 3. The molecule has 2 atom stereocenters. The Hall–Kier alpha value is -3.05. The molecule has 1 fully saturated rings. The maximum absolute atomic E-state index is 14.8. The van der Waals surface area contributed by atoms with Gasteiger partial charge in [0.05, 0.1) is 16.3 Å². The lowest BCUT2D eigenvalue weighted by Gasteiger charge is -2.19. The van der Waals surface area contributed by atoms with E-state index in [4.69, 9.17) is 4.74 Å². The van der Waals surface area contributed by atoms with Crippen molar-refractivity contribution < 1.29 is 17.5 Å². The number of halogens is 1. The first-order valence-corrected chi connectivity index (χ1v) is 12.7. The molecular formula is C23H27FN6O3S. The van der Waals surface area contributed by atoms with E-state index in [0.717, 1.165) is 30.7 Å². The van der Waals surface area contributed by atoms with Gasteiger partial charge in [0.2, 0.25) is 15.9 Å². The van der Waals surface area contributed by atoms with Crippen LogP contribution in [0.2, 0.25) is 0 Å². The zero-order valence-electron chi connectivity index (χ0n) is 19.2. The van der Waals surface area contributed by atoms with Crippen molar-refractivity contribution in [3.05, 3.63) is 53.4 Å². The number of H-pyrrole nitrogens is 1. The third-order valence-corrected chi connectivity index (χ3v) is 7.80. The largest absolute Gasteiger partial charge is 0.474 e. The monoisotopic (exact) mass is 486 g/mol. The fourth-order valence-electron chi connectivity index (χ4n) is 4.42. The topological polar surface area (TPSA) is 122 Å². The van der Waals surface area contributed by atoms with Gasteiger partial charge in [0, 0.05) is 41.3 Å². The number of aromatic nitrogens is 4. The lowest BCUT2D eigenvalue weighted by molar-refractivity contribution is 0.198. The first kappa shape index (κ1) is 22.7. The van der Waals surface area contributed by atoms with Crippen molar-refractivity contribution in [2.24, 2.45) is 0 Å². The zero-order valence-corrected chi connectivity index (χ0v) is 20.0. The van der Waals surface area contributed by atoms with Crippen LogP contribution in [0.1, 0.15) is 62.9 Å². The van der Waals surface area contributed by atoms with Crippen molar-refractivity contribution in [2.75, 3.05) is 5.32 Å². The summed E-state index contributed by atoms with van der Waals surface area (Å²) in [7, 11) is -3.62. The molecule has 0 bridgehead atoms. The standard InChI is InChI=1S/C23H27FN6O3S/c1-23(2,3)19-10-21(26-12-25-19)33-14-5-4-13(8-14)17-9-20(30-29-17)28-16-6-7-18-15(22(16)24)11-27-34(18,31)32/h6-7,9-10,12-14,27H,4-5,8,11H2,1-3H3,(H2,28,29,30)/t13-,14+/m0/s1. The predicted molar refractivity (Wildman–Crippen MR) is 124 cm³/mol. The van der Waals surface area contributed by atoms with Crippen molar-refractivity contribution in [1.29, 1.82) is 0 Å². The summed E-state index contributed by atoms with van der Waals surface area (Å²) >= 11 is 0. The lowest BCUT2D eigenvalue weighted by atomic mass is 9.92. The minimum atomic E-state index is -3.62. The second kappa shape index (κ2) is 8.31. The maximum atomic E-state index is 14.8. The van der Waals surface area contributed by atoms with Crippen LogP contribution < -0.4 is 14.8 Å². The molecule has 0 unspecified atom stereocenters. The van der Waals surface area contributed by atoms with E-state index in [-0.39, 0.29) is 40.1 Å². The van der Waals surface area contributed by atoms with Crippen LogP contribution in [0.15, 0.2) is 35.5 Å². The fraction of sp³-hybridized carbons (Fsp3) is 0.435. The van der Waals surface area contributed by atoms with Gasteiger partial charge in [0.15, 0.2) is 11.6 Å². The Balaban J connectivity index is 1.24. The summed E-state index contributed by atoms with van der Waals surface area (Å²) in [6, 6.07) is 6.58. The molecule has 0 saturated heterocycles.